The van der Waals surface area contributed by atoms with Gasteiger partial charge in [-0.25, -0.2) is 4.79 Å². The molecule has 7 nitrogen and oxygen atoms in total. The highest BCUT2D eigenvalue weighted by atomic mass is 79.9. The summed E-state index contributed by atoms with van der Waals surface area (Å²) in [6.45, 7) is 4.93. The van der Waals surface area contributed by atoms with Crippen molar-refractivity contribution in [1.29, 1.82) is 0 Å². The molecule has 4 rings (SSSR count). The Labute approximate surface area is 189 Å². The average Bonchev–Trinajstić information content (AvgIpc) is 3.39. The van der Waals surface area contributed by atoms with Gasteiger partial charge in [0, 0.05) is 10.2 Å². The maximum atomic E-state index is 13.1. The first kappa shape index (κ1) is 21.7. The van der Waals surface area contributed by atoms with Crippen LogP contribution in [0.15, 0.2) is 34.8 Å². The van der Waals surface area contributed by atoms with Crippen LogP contribution in [0.3, 0.4) is 0 Å². The van der Waals surface area contributed by atoms with Gasteiger partial charge in [-0.05, 0) is 54.9 Å². The fourth-order valence-electron chi connectivity index (χ4n) is 5.02. The Balaban J connectivity index is 1.41. The van der Waals surface area contributed by atoms with E-state index >= 15 is 0 Å². The zero-order valence-corrected chi connectivity index (χ0v) is 19.2. The molecular formula is C23H25BrN2O5. The number of ether oxygens (including phenoxy) is 1. The largest absolute Gasteiger partial charge is 0.454 e. The van der Waals surface area contributed by atoms with Gasteiger partial charge < -0.3 is 10.1 Å². The van der Waals surface area contributed by atoms with E-state index in [-0.39, 0.29) is 41.4 Å². The van der Waals surface area contributed by atoms with Crippen LogP contribution in [0.25, 0.3) is 0 Å². The number of nitrogens with one attached hydrogen (secondary N) is 1. The predicted octanol–water partition coefficient (Wildman–Crippen LogP) is 3.07. The third kappa shape index (κ3) is 3.82. The second kappa shape index (κ2) is 8.22. The molecular weight excluding hydrogens is 464 g/mol. The lowest BCUT2D eigenvalue weighted by atomic mass is 9.85. The monoisotopic (exact) mass is 488 g/mol. The molecule has 0 aromatic heterocycles. The lowest BCUT2D eigenvalue weighted by molar-refractivity contribution is -0.162. The van der Waals surface area contributed by atoms with Crippen LogP contribution in [0.5, 0.6) is 0 Å². The highest BCUT2D eigenvalue weighted by Crippen LogP contribution is 2.53. The van der Waals surface area contributed by atoms with Crippen molar-refractivity contribution in [2.75, 3.05) is 11.9 Å². The van der Waals surface area contributed by atoms with Crippen LogP contribution in [-0.2, 0) is 23.9 Å². The number of nitrogens with zero attached hydrogens (tertiary/aromatic N) is 1. The number of esters is 1. The molecule has 1 aromatic carbocycles. The minimum atomic E-state index is -1.03. The van der Waals surface area contributed by atoms with Crippen molar-refractivity contribution >= 4 is 45.3 Å². The van der Waals surface area contributed by atoms with E-state index in [0.717, 1.165) is 21.4 Å². The van der Waals surface area contributed by atoms with Gasteiger partial charge in [-0.3, -0.25) is 19.3 Å². The summed E-state index contributed by atoms with van der Waals surface area (Å²) in [7, 11) is 0. The Bertz CT molecular complexity index is 958. The number of amides is 3. The van der Waals surface area contributed by atoms with Crippen LogP contribution in [-0.4, -0.2) is 41.2 Å². The standard InChI is InChI=1S/C23H25BrN2O5/c1-11(2)20(26-21(28)18-13-4-5-14(9-13)19(18)22(26)29)23(30)31-10-17(27)25-15-6-7-16(24)12(3)8-15/h4-8,11,13-14,18-20H,9-10H2,1-3H3,(H,25,27)/t13-,14-,18-,19+,20+/m0/s1. The lowest BCUT2D eigenvalue weighted by Crippen LogP contribution is -2.50. The minimum absolute atomic E-state index is 0.0698. The minimum Gasteiger partial charge on any atom is -0.454 e. The van der Waals surface area contributed by atoms with Crippen LogP contribution in [0.4, 0.5) is 5.69 Å². The van der Waals surface area contributed by atoms with Gasteiger partial charge in [-0.1, -0.05) is 41.9 Å². The molecule has 1 aromatic rings. The zero-order valence-electron chi connectivity index (χ0n) is 17.6. The SMILES string of the molecule is Cc1cc(NC(=O)COC(=O)[C@@H](C(C)C)N2C(=O)[C@@H]3[C@H](C2=O)[C@H]2C=C[C@H]3C2)ccc1Br. The van der Waals surface area contributed by atoms with Crippen LogP contribution in [0.2, 0.25) is 0 Å². The summed E-state index contributed by atoms with van der Waals surface area (Å²) in [6.07, 6.45) is 4.85. The van der Waals surface area contributed by atoms with Gasteiger partial charge in [0.05, 0.1) is 11.8 Å². The fourth-order valence-corrected chi connectivity index (χ4v) is 5.26. The van der Waals surface area contributed by atoms with E-state index in [2.05, 4.69) is 21.2 Å². The third-order valence-corrected chi connectivity index (χ3v) is 7.33. The molecule has 0 spiro atoms. The second-order valence-electron chi connectivity index (χ2n) is 8.86. The molecule has 1 aliphatic heterocycles. The molecule has 2 bridgehead atoms. The van der Waals surface area contributed by atoms with E-state index in [0.29, 0.717) is 5.69 Å². The van der Waals surface area contributed by atoms with Gasteiger partial charge in [0.25, 0.3) is 5.91 Å². The van der Waals surface area contributed by atoms with Crippen LogP contribution >= 0.6 is 15.9 Å². The summed E-state index contributed by atoms with van der Waals surface area (Å²) in [5, 5.41) is 2.68. The number of carbonyl (C=O) groups is 4. The van der Waals surface area contributed by atoms with Crippen LogP contribution in [0.1, 0.15) is 25.8 Å². The molecule has 2 aliphatic carbocycles. The van der Waals surface area contributed by atoms with E-state index in [4.69, 9.17) is 4.74 Å². The van der Waals surface area contributed by atoms with E-state index in [9.17, 15) is 19.2 Å². The number of hydrogen-bond donors (Lipinski definition) is 1. The van der Waals surface area contributed by atoms with Crippen molar-refractivity contribution in [2.45, 2.75) is 33.2 Å². The Hall–Kier alpha value is -2.48. The van der Waals surface area contributed by atoms with Crippen molar-refractivity contribution in [1.82, 2.24) is 4.90 Å². The Morgan fingerprint density at radius 1 is 1.16 bits per heavy atom. The molecule has 164 valence electrons. The second-order valence-corrected chi connectivity index (χ2v) is 9.71. The first-order valence-electron chi connectivity index (χ1n) is 10.5. The van der Waals surface area contributed by atoms with Crippen molar-refractivity contribution in [3.63, 3.8) is 0 Å². The summed E-state index contributed by atoms with van der Waals surface area (Å²) in [4.78, 5) is 52.3. The fraction of sp³-hybridized carbons (Fsp3) is 0.478. The lowest BCUT2D eigenvalue weighted by Gasteiger charge is -2.28. The maximum Gasteiger partial charge on any atom is 0.330 e. The Kier molecular flexibility index (Phi) is 5.77. The molecule has 31 heavy (non-hydrogen) atoms. The Morgan fingerprint density at radius 2 is 1.77 bits per heavy atom. The number of halogens is 1. The maximum absolute atomic E-state index is 13.1. The molecule has 0 unspecified atom stereocenters. The summed E-state index contributed by atoms with van der Waals surface area (Å²) in [5.74, 6) is -2.76. The van der Waals surface area contributed by atoms with E-state index < -0.39 is 24.5 Å². The molecule has 2 fully saturated rings. The Morgan fingerprint density at radius 3 is 2.32 bits per heavy atom. The van der Waals surface area contributed by atoms with Crippen LogP contribution in [0, 0.1) is 36.5 Å². The zero-order chi connectivity index (χ0) is 22.4. The van der Waals surface area contributed by atoms with Gasteiger partial charge in [0.15, 0.2) is 6.61 Å². The summed E-state index contributed by atoms with van der Waals surface area (Å²) < 4.78 is 6.15. The van der Waals surface area contributed by atoms with Crippen LogP contribution < -0.4 is 5.32 Å². The molecule has 3 amide bonds. The van der Waals surface area contributed by atoms with Crippen molar-refractivity contribution in [3.8, 4) is 0 Å². The van der Waals surface area contributed by atoms with Crippen molar-refractivity contribution in [3.05, 3.63) is 40.4 Å². The third-order valence-electron chi connectivity index (χ3n) is 6.44. The molecule has 5 atom stereocenters. The normalized spacial score (nSPS) is 27.1. The number of rotatable bonds is 6. The van der Waals surface area contributed by atoms with Crippen molar-refractivity contribution < 1.29 is 23.9 Å². The number of carbonyl (C=O) groups excluding carboxylic acids is 4. The van der Waals surface area contributed by atoms with E-state index in [1.54, 1.807) is 26.0 Å². The summed E-state index contributed by atoms with van der Waals surface area (Å²) in [5.41, 5.74) is 1.54. The number of imide groups is 1. The van der Waals surface area contributed by atoms with Gasteiger partial charge in [0.1, 0.15) is 6.04 Å². The van der Waals surface area contributed by atoms with Gasteiger partial charge in [-0.15, -0.1) is 0 Å². The number of benzene rings is 1. The first-order chi connectivity index (χ1) is 14.7. The number of hydrogen-bond acceptors (Lipinski definition) is 5. The molecule has 8 heteroatoms. The highest BCUT2D eigenvalue weighted by molar-refractivity contribution is 9.10. The van der Waals surface area contributed by atoms with Gasteiger partial charge in [0.2, 0.25) is 11.8 Å². The van der Waals surface area contributed by atoms with Gasteiger partial charge >= 0.3 is 5.97 Å². The summed E-state index contributed by atoms with van der Waals surface area (Å²) in [6, 6.07) is 4.31. The van der Waals surface area contributed by atoms with Gasteiger partial charge in [-0.2, -0.15) is 0 Å². The highest BCUT2D eigenvalue weighted by Gasteiger charge is 2.61. The number of allylic oxidation sites excluding steroid dienone is 2. The quantitative estimate of drug-likeness (QED) is 0.377. The molecule has 3 aliphatic rings. The number of anilines is 1. The molecule has 1 saturated heterocycles. The molecule has 1 saturated carbocycles. The molecule has 1 N–H and O–H groups in total. The van der Waals surface area contributed by atoms with E-state index in [1.807, 2.05) is 25.1 Å². The number of likely N-dealkylation sites (tertiary alicyclic amines) is 1. The smallest absolute Gasteiger partial charge is 0.330 e. The van der Waals surface area contributed by atoms with E-state index in [1.165, 1.54) is 0 Å². The molecule has 1 heterocycles. The topological polar surface area (TPSA) is 92.8 Å². The van der Waals surface area contributed by atoms with Crippen molar-refractivity contribution in [2.24, 2.45) is 29.6 Å². The first-order valence-corrected chi connectivity index (χ1v) is 11.3. The average molecular weight is 489 g/mol. The number of aryl methyl sites for hydroxylation is 1. The predicted molar refractivity (Wildman–Crippen MR) is 117 cm³/mol. The number of fused-ring (bicyclic) bond motifs is 5. The molecule has 0 radical (unpaired) electrons. The summed E-state index contributed by atoms with van der Waals surface area (Å²) >= 11 is 3.40.